The van der Waals surface area contributed by atoms with Gasteiger partial charge >= 0.3 is 136 Å². The van der Waals surface area contributed by atoms with Gasteiger partial charge in [-0.1, -0.05) is 93.2 Å². The van der Waals surface area contributed by atoms with Crippen LogP contribution in [0.2, 0.25) is 17.3 Å². The van der Waals surface area contributed by atoms with Crippen molar-refractivity contribution in [3.63, 3.8) is 0 Å². The molecule has 9 rings (SSSR count). The number of fused-ring (bicyclic) bond motifs is 4. The maximum Gasteiger partial charge on any atom is 0.0774 e. The number of thiophene rings is 1. The molecule has 0 bridgehead atoms. The van der Waals surface area contributed by atoms with Crippen molar-refractivity contribution in [3.8, 4) is 45.5 Å². The van der Waals surface area contributed by atoms with Crippen LogP contribution in [0.3, 0.4) is 0 Å². The van der Waals surface area contributed by atoms with Gasteiger partial charge in [0, 0.05) is 30.5 Å². The molecule has 0 amide bonds. The number of aromatic nitrogens is 3. The Morgan fingerprint density at radius 3 is 2.03 bits per heavy atom. The number of nitrogens with zero attached hydrogens (tertiary/aromatic N) is 4. The molecule has 0 fully saturated rings. The molecule has 0 spiro atoms. The van der Waals surface area contributed by atoms with E-state index >= 15 is 0 Å². The first-order valence-electron chi connectivity index (χ1n) is 22.2. The zero-order valence-corrected chi connectivity index (χ0v) is 43.9. The van der Waals surface area contributed by atoms with Gasteiger partial charge in [0.1, 0.15) is 0 Å². The zero-order chi connectivity index (χ0) is 44.6. The maximum absolute atomic E-state index is 8.89. The molecule has 0 saturated heterocycles. The average molecular weight is 1090 g/mol. The summed E-state index contributed by atoms with van der Waals surface area (Å²) in [6, 6.07) is 51.9. The van der Waals surface area contributed by atoms with Crippen LogP contribution in [0.15, 0.2) is 128 Å². The van der Waals surface area contributed by atoms with Crippen LogP contribution in [0.5, 0.6) is 0 Å². The molecule has 0 saturated carbocycles. The molecule has 7 heteroatoms. The summed E-state index contributed by atoms with van der Waals surface area (Å²) >= 11 is -0.0857. The third kappa shape index (κ3) is 9.75. The number of hydrogen-bond donors (Lipinski definition) is 0. The van der Waals surface area contributed by atoms with Gasteiger partial charge < -0.3 is 4.57 Å². The van der Waals surface area contributed by atoms with Gasteiger partial charge in [-0.05, 0) is 81.4 Å². The van der Waals surface area contributed by atoms with E-state index in [-0.39, 0.29) is 20.1 Å². The molecule has 0 aliphatic heterocycles. The number of rotatable bonds is 9. The van der Waals surface area contributed by atoms with Gasteiger partial charge in [0.05, 0.1) is 16.9 Å². The molecular formula is C57H56GeIrN4S-2. The van der Waals surface area contributed by atoms with E-state index in [2.05, 4.69) is 203 Å². The van der Waals surface area contributed by atoms with Crippen molar-refractivity contribution in [3.05, 3.63) is 167 Å². The van der Waals surface area contributed by atoms with Crippen molar-refractivity contribution in [2.45, 2.75) is 84.0 Å². The standard InChI is InChI=1S/C38H33N2S.C19H23GeN2.Ir/c1-23(2)29-21-28(26-11-7-6-8-12-26)22-30(24(3)4)37(29)40-34-14-10-9-13-33(34)39-38(40)27-16-18-36-32(20-27)31-19-25(5)15-17-35(31)41-36;1-14(2)10-17-11-19(22-13-18(17)20(3,4)5)16-8-6-15(12-21)7-9-16;/h6-15,17-24H,1-5H3;6-8,11,13-14H,10H2,1-5H3;/q2*-1;. The van der Waals surface area contributed by atoms with Crippen LogP contribution < -0.4 is 4.40 Å². The summed E-state index contributed by atoms with van der Waals surface area (Å²) in [7, 11) is 0. The Morgan fingerprint density at radius 1 is 0.719 bits per heavy atom. The van der Waals surface area contributed by atoms with E-state index in [0.29, 0.717) is 23.3 Å². The van der Waals surface area contributed by atoms with Crippen molar-refractivity contribution in [1.82, 2.24) is 14.5 Å². The van der Waals surface area contributed by atoms with Crippen LogP contribution in [0.1, 0.15) is 81.2 Å². The molecule has 325 valence electrons. The molecule has 3 aromatic heterocycles. The molecule has 1 radical (unpaired) electrons. The Kier molecular flexibility index (Phi) is 14.3. The number of pyridine rings is 1. The zero-order valence-electron chi connectivity index (χ0n) is 38.6. The Bertz CT molecular complexity index is 3100. The predicted molar refractivity (Wildman–Crippen MR) is 271 cm³/mol. The van der Waals surface area contributed by atoms with Crippen LogP contribution in [-0.4, -0.2) is 27.8 Å². The van der Waals surface area contributed by atoms with Gasteiger partial charge in [0.25, 0.3) is 0 Å². The second kappa shape index (κ2) is 19.5. The number of aryl methyl sites for hydroxylation is 1. The third-order valence-corrected chi connectivity index (χ3v) is 17.2. The fourth-order valence-electron chi connectivity index (χ4n) is 8.59. The first kappa shape index (κ1) is 46.8. The summed E-state index contributed by atoms with van der Waals surface area (Å²) in [5.74, 6) is 9.46. The van der Waals surface area contributed by atoms with Gasteiger partial charge in [0.15, 0.2) is 0 Å². The summed E-state index contributed by atoms with van der Waals surface area (Å²) in [6.45, 7) is 15.9. The van der Waals surface area contributed by atoms with E-state index < -0.39 is 13.3 Å². The first-order valence-corrected chi connectivity index (χ1v) is 30.3. The van der Waals surface area contributed by atoms with Gasteiger partial charge in [-0.3, -0.25) is 4.98 Å². The third-order valence-electron chi connectivity index (χ3n) is 11.7. The maximum atomic E-state index is 8.89. The molecule has 64 heavy (non-hydrogen) atoms. The van der Waals surface area contributed by atoms with E-state index in [0.717, 1.165) is 40.1 Å². The molecular weight excluding hydrogens is 1040 g/mol. The smallest absolute Gasteiger partial charge is 0.0774 e. The summed E-state index contributed by atoms with van der Waals surface area (Å²) in [6.07, 6.45) is 3.17. The largest absolute Gasteiger partial charge is 0.333 e. The van der Waals surface area contributed by atoms with Crippen LogP contribution in [-0.2, 0) is 26.5 Å². The molecule has 6 aromatic carbocycles. The SMILES string of the molecule is CC(C)Cc1cc(-c2[c-]cc(C#N)cc2)nc[c]1[Ge]([CH3])([CH3])[CH3].Cc1ccc2sc3c[c-]c(-c4nc5ccccc5n4-c4c(C(C)C)cc(-c5ccccc5)cc4C(C)C)cc3c2c1.[Ir]. The minimum absolute atomic E-state index is 0. The number of benzene rings is 6. The fraction of sp³-hybridized carbons (Fsp3) is 0.246. The van der Waals surface area contributed by atoms with Gasteiger partial charge in [0.2, 0.25) is 0 Å². The molecule has 9 aromatic rings. The number of imidazole rings is 1. The van der Waals surface area contributed by atoms with Crippen molar-refractivity contribution >= 4 is 60.2 Å². The first-order chi connectivity index (χ1) is 30.2. The summed E-state index contributed by atoms with van der Waals surface area (Å²) in [5.41, 5.74) is 14.8. The Hall–Kier alpha value is -5.16. The van der Waals surface area contributed by atoms with E-state index in [9.17, 15) is 0 Å². The van der Waals surface area contributed by atoms with Gasteiger partial charge in [-0.25, -0.2) is 0 Å². The quantitative estimate of drug-likeness (QED) is 0.107. The van der Waals surface area contributed by atoms with E-state index in [1.54, 1.807) is 6.07 Å². The molecule has 0 aliphatic carbocycles. The number of para-hydroxylation sites is 2. The Balaban J connectivity index is 0.000000227. The Labute approximate surface area is 400 Å². The second-order valence-corrected chi connectivity index (χ2v) is 30.5. The average Bonchev–Trinajstić information content (AvgIpc) is 3.83. The van der Waals surface area contributed by atoms with E-state index in [4.69, 9.17) is 10.2 Å². The summed E-state index contributed by atoms with van der Waals surface area (Å²) in [4.78, 5) is 9.94. The summed E-state index contributed by atoms with van der Waals surface area (Å²) < 4.78 is 6.47. The normalized spacial score (nSPS) is 11.6. The fourth-order valence-corrected chi connectivity index (χ4v) is 13.0. The summed E-state index contributed by atoms with van der Waals surface area (Å²) in [5, 5.41) is 11.5. The van der Waals surface area contributed by atoms with Crippen LogP contribution in [0.25, 0.3) is 70.7 Å². The van der Waals surface area contributed by atoms with E-state index in [1.165, 1.54) is 63.6 Å². The minimum Gasteiger partial charge on any atom is -0.333 e. The predicted octanol–water partition coefficient (Wildman–Crippen LogP) is 15.2. The molecule has 4 nitrogen and oxygen atoms in total. The monoisotopic (exact) mass is 1100 g/mol. The second-order valence-electron chi connectivity index (χ2n) is 18.8. The van der Waals surface area contributed by atoms with Crippen molar-refractivity contribution in [2.75, 3.05) is 0 Å². The van der Waals surface area contributed by atoms with Crippen molar-refractivity contribution < 1.29 is 20.1 Å². The van der Waals surface area contributed by atoms with Crippen LogP contribution in [0, 0.1) is 36.3 Å². The van der Waals surface area contributed by atoms with Crippen LogP contribution in [0.4, 0.5) is 0 Å². The molecule has 0 unspecified atom stereocenters. The molecule has 0 N–H and O–H groups in total. The number of nitriles is 1. The van der Waals surface area contributed by atoms with Crippen molar-refractivity contribution in [1.29, 1.82) is 5.26 Å². The van der Waals surface area contributed by atoms with Crippen molar-refractivity contribution in [2.24, 2.45) is 5.92 Å². The topological polar surface area (TPSA) is 54.5 Å². The molecule has 0 aliphatic rings. The van der Waals surface area contributed by atoms with E-state index in [1.807, 2.05) is 23.5 Å². The minimum atomic E-state index is -1.92. The number of hydrogen-bond acceptors (Lipinski definition) is 4. The molecule has 0 atom stereocenters. The van der Waals surface area contributed by atoms with Gasteiger partial charge in [-0.15, -0.1) is 23.8 Å². The molecule has 3 heterocycles. The Morgan fingerprint density at radius 2 is 1.39 bits per heavy atom. The van der Waals surface area contributed by atoms with Crippen LogP contribution >= 0.6 is 11.3 Å². The van der Waals surface area contributed by atoms with Gasteiger partial charge in [-0.2, -0.15) is 11.3 Å².